The van der Waals surface area contributed by atoms with Gasteiger partial charge in [0.15, 0.2) is 0 Å². The smallest absolute Gasteiger partial charge is 0.264 e. The quantitative estimate of drug-likeness (QED) is 0.869. The maximum absolute atomic E-state index is 12.5. The van der Waals surface area contributed by atoms with E-state index in [1.165, 1.54) is 19.1 Å². The van der Waals surface area contributed by atoms with E-state index < -0.39 is 10.0 Å². The number of amides is 1. The molecule has 2 aromatic rings. The van der Waals surface area contributed by atoms with Crippen molar-refractivity contribution < 1.29 is 13.2 Å². The van der Waals surface area contributed by atoms with Crippen molar-refractivity contribution in [1.29, 1.82) is 0 Å². The topological polar surface area (TPSA) is 75.3 Å². The summed E-state index contributed by atoms with van der Waals surface area (Å²) < 4.78 is 28.1. The first-order chi connectivity index (χ1) is 9.90. The Morgan fingerprint density at radius 3 is 2.19 bits per heavy atom. The summed E-state index contributed by atoms with van der Waals surface area (Å²) in [6.07, 6.45) is 0. The van der Waals surface area contributed by atoms with Crippen LogP contribution in [0.15, 0.2) is 57.9 Å². The van der Waals surface area contributed by atoms with Crippen LogP contribution in [0.2, 0.25) is 0 Å². The number of nitrogens with one attached hydrogen (secondary N) is 2. The van der Waals surface area contributed by atoms with Gasteiger partial charge in [0.2, 0.25) is 5.91 Å². The van der Waals surface area contributed by atoms with Crippen molar-refractivity contribution in [2.75, 3.05) is 10.0 Å². The molecule has 2 rings (SSSR count). The van der Waals surface area contributed by atoms with Gasteiger partial charge in [-0.15, -0.1) is 0 Å². The SMILES string of the molecule is CC(=O)Nc1ccccc1S(=O)(=O)Nc1ccccc1Br. The molecule has 0 heterocycles. The van der Waals surface area contributed by atoms with Gasteiger partial charge in [-0.3, -0.25) is 9.52 Å². The average Bonchev–Trinajstić information content (AvgIpc) is 2.41. The normalized spacial score (nSPS) is 11.0. The zero-order valence-corrected chi connectivity index (χ0v) is 13.5. The molecule has 0 aromatic heterocycles. The highest BCUT2D eigenvalue weighted by Crippen LogP contribution is 2.27. The molecule has 21 heavy (non-hydrogen) atoms. The van der Waals surface area contributed by atoms with Crippen molar-refractivity contribution in [3.63, 3.8) is 0 Å². The van der Waals surface area contributed by atoms with Crippen molar-refractivity contribution in [2.45, 2.75) is 11.8 Å². The number of carbonyl (C=O) groups is 1. The minimum absolute atomic E-state index is 0.0101. The van der Waals surface area contributed by atoms with E-state index in [-0.39, 0.29) is 16.5 Å². The van der Waals surface area contributed by atoms with Crippen molar-refractivity contribution in [1.82, 2.24) is 0 Å². The van der Waals surface area contributed by atoms with E-state index in [0.717, 1.165) is 0 Å². The van der Waals surface area contributed by atoms with Gasteiger partial charge < -0.3 is 5.32 Å². The molecule has 2 aromatic carbocycles. The molecule has 110 valence electrons. The molecular weight excluding hydrogens is 356 g/mol. The minimum atomic E-state index is -3.81. The van der Waals surface area contributed by atoms with E-state index in [9.17, 15) is 13.2 Å². The van der Waals surface area contributed by atoms with Gasteiger partial charge in [-0.05, 0) is 40.2 Å². The summed E-state index contributed by atoms with van der Waals surface area (Å²) >= 11 is 3.28. The second-order valence-corrected chi connectivity index (χ2v) is 6.77. The first-order valence-electron chi connectivity index (χ1n) is 6.04. The number of sulfonamides is 1. The summed E-state index contributed by atoms with van der Waals surface area (Å²) in [6, 6.07) is 13.1. The molecule has 0 aliphatic heterocycles. The summed E-state index contributed by atoms with van der Waals surface area (Å²) in [6.45, 7) is 1.32. The molecule has 0 unspecified atom stereocenters. The number of benzene rings is 2. The Hall–Kier alpha value is -1.86. The fraction of sp³-hybridized carbons (Fsp3) is 0.0714. The van der Waals surface area contributed by atoms with Crippen LogP contribution in [0.4, 0.5) is 11.4 Å². The van der Waals surface area contributed by atoms with Crippen LogP contribution in [0.25, 0.3) is 0 Å². The maximum Gasteiger partial charge on any atom is 0.264 e. The van der Waals surface area contributed by atoms with Crippen LogP contribution in [0, 0.1) is 0 Å². The molecule has 0 aliphatic carbocycles. The second-order valence-electron chi connectivity index (χ2n) is 4.26. The zero-order chi connectivity index (χ0) is 15.5. The Balaban J connectivity index is 2.41. The Labute approximate surface area is 131 Å². The van der Waals surface area contributed by atoms with Crippen molar-refractivity contribution in [3.05, 3.63) is 53.0 Å². The molecule has 0 bridgehead atoms. The zero-order valence-electron chi connectivity index (χ0n) is 11.1. The molecule has 0 radical (unpaired) electrons. The van der Waals surface area contributed by atoms with Crippen LogP contribution < -0.4 is 10.0 Å². The summed E-state index contributed by atoms with van der Waals surface area (Å²) in [5.74, 6) is -0.335. The standard InChI is InChI=1S/C14H13BrN2O3S/c1-10(18)16-13-8-4-5-9-14(13)21(19,20)17-12-7-3-2-6-11(12)15/h2-9,17H,1H3,(H,16,18). The molecule has 5 nitrogen and oxygen atoms in total. The van der Waals surface area contributed by atoms with E-state index in [1.54, 1.807) is 36.4 Å². The molecule has 0 atom stereocenters. The number of carbonyl (C=O) groups excluding carboxylic acids is 1. The second kappa shape index (κ2) is 6.28. The summed E-state index contributed by atoms with van der Waals surface area (Å²) in [7, 11) is -3.81. The third-order valence-corrected chi connectivity index (χ3v) is 4.72. The summed E-state index contributed by atoms with van der Waals surface area (Å²) in [5.41, 5.74) is 0.666. The van der Waals surface area contributed by atoms with Gasteiger partial charge in [0.1, 0.15) is 4.90 Å². The fourth-order valence-corrected chi connectivity index (χ4v) is 3.50. The molecule has 0 saturated heterocycles. The van der Waals surface area contributed by atoms with Crippen LogP contribution in [-0.2, 0) is 14.8 Å². The maximum atomic E-state index is 12.5. The van der Waals surface area contributed by atoms with E-state index in [4.69, 9.17) is 0 Å². The number of halogens is 1. The first-order valence-corrected chi connectivity index (χ1v) is 8.32. The van der Waals surface area contributed by atoms with Crippen LogP contribution >= 0.6 is 15.9 Å². The third-order valence-electron chi connectivity index (χ3n) is 2.61. The van der Waals surface area contributed by atoms with E-state index >= 15 is 0 Å². The molecule has 0 aliphatic rings. The fourth-order valence-electron chi connectivity index (χ4n) is 1.74. The van der Waals surface area contributed by atoms with Gasteiger partial charge in [0, 0.05) is 11.4 Å². The number of para-hydroxylation sites is 2. The van der Waals surface area contributed by atoms with Crippen molar-refractivity contribution in [2.24, 2.45) is 0 Å². The van der Waals surface area contributed by atoms with Gasteiger partial charge in [-0.1, -0.05) is 24.3 Å². The molecule has 0 saturated carbocycles. The lowest BCUT2D eigenvalue weighted by molar-refractivity contribution is -0.114. The molecule has 1 amide bonds. The number of hydrogen-bond donors (Lipinski definition) is 2. The first kappa shape index (κ1) is 15.5. The lowest BCUT2D eigenvalue weighted by atomic mass is 10.3. The number of rotatable bonds is 4. The highest BCUT2D eigenvalue weighted by molar-refractivity contribution is 9.10. The van der Waals surface area contributed by atoms with Gasteiger partial charge in [-0.2, -0.15) is 0 Å². The highest BCUT2D eigenvalue weighted by atomic mass is 79.9. The highest BCUT2D eigenvalue weighted by Gasteiger charge is 2.19. The van der Waals surface area contributed by atoms with Gasteiger partial charge in [-0.25, -0.2) is 8.42 Å². The summed E-state index contributed by atoms with van der Waals surface area (Å²) in [5, 5.41) is 2.51. The van der Waals surface area contributed by atoms with Crippen molar-refractivity contribution >= 4 is 43.2 Å². The molecular formula is C14H13BrN2O3S. The van der Waals surface area contributed by atoms with Crippen LogP contribution in [0.3, 0.4) is 0 Å². The third kappa shape index (κ3) is 3.83. The molecule has 0 fully saturated rings. The largest absolute Gasteiger partial charge is 0.325 e. The lowest BCUT2D eigenvalue weighted by Gasteiger charge is -2.13. The van der Waals surface area contributed by atoms with E-state index in [0.29, 0.717) is 10.2 Å². The van der Waals surface area contributed by atoms with Crippen molar-refractivity contribution in [3.8, 4) is 0 Å². The summed E-state index contributed by atoms with van der Waals surface area (Å²) in [4.78, 5) is 11.2. The van der Waals surface area contributed by atoms with Gasteiger partial charge >= 0.3 is 0 Å². The minimum Gasteiger partial charge on any atom is -0.325 e. The van der Waals surface area contributed by atoms with Crippen LogP contribution in [0.5, 0.6) is 0 Å². The lowest BCUT2D eigenvalue weighted by Crippen LogP contribution is -2.17. The molecule has 0 spiro atoms. The predicted molar refractivity (Wildman–Crippen MR) is 85.7 cm³/mol. The molecule has 2 N–H and O–H groups in total. The Morgan fingerprint density at radius 1 is 1.00 bits per heavy atom. The number of hydrogen-bond acceptors (Lipinski definition) is 3. The monoisotopic (exact) mass is 368 g/mol. The Kier molecular flexibility index (Phi) is 4.64. The van der Waals surface area contributed by atoms with Crippen LogP contribution in [-0.4, -0.2) is 14.3 Å². The number of anilines is 2. The average molecular weight is 369 g/mol. The predicted octanol–water partition coefficient (Wildman–Crippen LogP) is 3.21. The Bertz CT molecular complexity index is 775. The van der Waals surface area contributed by atoms with Crippen LogP contribution in [0.1, 0.15) is 6.92 Å². The van der Waals surface area contributed by atoms with Gasteiger partial charge in [0.25, 0.3) is 10.0 Å². The van der Waals surface area contributed by atoms with E-state index in [1.807, 2.05) is 0 Å². The molecule has 7 heteroatoms. The van der Waals surface area contributed by atoms with Gasteiger partial charge in [0.05, 0.1) is 11.4 Å². The van der Waals surface area contributed by atoms with E-state index in [2.05, 4.69) is 26.0 Å². The Morgan fingerprint density at radius 2 is 1.57 bits per heavy atom.